The number of hydrogen-bond acceptors (Lipinski definition) is 4. The summed E-state index contributed by atoms with van der Waals surface area (Å²) in [6.07, 6.45) is 2.45. The van der Waals surface area contributed by atoms with Gasteiger partial charge in [0, 0.05) is 18.2 Å². The van der Waals surface area contributed by atoms with Gasteiger partial charge >= 0.3 is 0 Å². The van der Waals surface area contributed by atoms with Crippen LogP contribution in [0.25, 0.3) is 0 Å². The molecule has 4 nitrogen and oxygen atoms in total. The van der Waals surface area contributed by atoms with E-state index in [0.29, 0.717) is 19.4 Å². The zero-order valence-electron chi connectivity index (χ0n) is 13.7. The average molecular weight is 295 g/mol. The molecule has 0 atom stereocenters. The highest BCUT2D eigenvalue weighted by Crippen LogP contribution is 2.26. The van der Waals surface area contributed by atoms with E-state index >= 15 is 0 Å². The number of nitrogens with one attached hydrogen (secondary N) is 1. The topological polar surface area (TPSA) is 50.7 Å². The van der Waals surface area contributed by atoms with E-state index in [1.807, 2.05) is 32.0 Å². The molecule has 0 spiro atoms. The minimum atomic E-state index is -0.767. The highest BCUT2D eigenvalue weighted by Gasteiger charge is 2.23. The van der Waals surface area contributed by atoms with Crippen LogP contribution in [0.3, 0.4) is 0 Å². The predicted molar refractivity (Wildman–Crippen MR) is 86.0 cm³/mol. The van der Waals surface area contributed by atoms with Gasteiger partial charge in [-0.2, -0.15) is 0 Å². The lowest BCUT2D eigenvalue weighted by atomic mass is 9.99. The van der Waals surface area contributed by atoms with Gasteiger partial charge in [0.15, 0.2) is 0 Å². The maximum atomic E-state index is 10.3. The van der Waals surface area contributed by atoms with Crippen LogP contribution in [-0.2, 0) is 6.54 Å². The molecule has 120 valence electrons. The van der Waals surface area contributed by atoms with Crippen molar-refractivity contribution >= 4 is 0 Å². The van der Waals surface area contributed by atoms with E-state index < -0.39 is 5.60 Å². The minimum Gasteiger partial charge on any atom is -0.497 e. The van der Waals surface area contributed by atoms with Gasteiger partial charge < -0.3 is 19.9 Å². The van der Waals surface area contributed by atoms with Gasteiger partial charge in [-0.15, -0.1) is 0 Å². The largest absolute Gasteiger partial charge is 0.497 e. The Morgan fingerprint density at radius 1 is 1.19 bits per heavy atom. The number of benzene rings is 1. The van der Waals surface area contributed by atoms with Gasteiger partial charge in [0.25, 0.3) is 0 Å². The summed E-state index contributed by atoms with van der Waals surface area (Å²) in [5, 5.41) is 13.7. The van der Waals surface area contributed by atoms with E-state index in [-0.39, 0.29) is 0 Å². The van der Waals surface area contributed by atoms with Crippen molar-refractivity contribution in [2.24, 2.45) is 0 Å². The van der Waals surface area contributed by atoms with Crippen LogP contribution in [0, 0.1) is 0 Å². The fourth-order valence-corrected chi connectivity index (χ4v) is 2.01. The summed E-state index contributed by atoms with van der Waals surface area (Å²) < 4.78 is 11.1. The van der Waals surface area contributed by atoms with Crippen molar-refractivity contribution < 1.29 is 14.6 Å². The Kier molecular flexibility index (Phi) is 7.54. The molecule has 0 saturated carbocycles. The zero-order chi connectivity index (χ0) is 15.7. The molecule has 0 heterocycles. The van der Waals surface area contributed by atoms with Crippen LogP contribution in [0.1, 0.15) is 45.6 Å². The lowest BCUT2D eigenvalue weighted by molar-refractivity contribution is -0.0116. The number of rotatable bonds is 10. The summed E-state index contributed by atoms with van der Waals surface area (Å²) in [6.45, 7) is 8.11. The molecule has 1 aromatic rings. The minimum absolute atomic E-state index is 0.300. The predicted octanol–water partition coefficient (Wildman–Crippen LogP) is 3.12. The second-order valence-corrected chi connectivity index (χ2v) is 5.37. The highest BCUT2D eigenvalue weighted by molar-refractivity contribution is 5.40. The lowest BCUT2D eigenvalue weighted by Gasteiger charge is -2.26. The quantitative estimate of drug-likeness (QED) is 0.651. The Labute approximate surface area is 128 Å². The Bertz CT molecular complexity index is 416. The molecule has 0 bridgehead atoms. The summed E-state index contributed by atoms with van der Waals surface area (Å²) >= 11 is 0. The lowest BCUT2D eigenvalue weighted by Crippen LogP contribution is -2.34. The monoisotopic (exact) mass is 295 g/mol. The average Bonchev–Trinajstić information content (AvgIpc) is 2.53. The van der Waals surface area contributed by atoms with Gasteiger partial charge in [-0.1, -0.05) is 26.8 Å². The van der Waals surface area contributed by atoms with Crippen molar-refractivity contribution in [2.75, 3.05) is 20.3 Å². The van der Waals surface area contributed by atoms with Crippen LogP contribution >= 0.6 is 0 Å². The fourth-order valence-electron chi connectivity index (χ4n) is 2.01. The number of hydrogen-bond donors (Lipinski definition) is 2. The molecule has 0 saturated heterocycles. The molecule has 1 rings (SSSR count). The third kappa shape index (κ3) is 5.56. The Morgan fingerprint density at radius 2 is 1.90 bits per heavy atom. The van der Waals surface area contributed by atoms with Crippen LogP contribution in [0.2, 0.25) is 0 Å². The normalized spacial score (nSPS) is 11.5. The number of methoxy groups -OCH3 is 1. The van der Waals surface area contributed by atoms with Crippen LogP contribution < -0.4 is 14.8 Å². The Morgan fingerprint density at radius 3 is 2.48 bits per heavy atom. The van der Waals surface area contributed by atoms with E-state index in [4.69, 9.17) is 9.47 Å². The van der Waals surface area contributed by atoms with Crippen molar-refractivity contribution in [3.8, 4) is 11.5 Å². The van der Waals surface area contributed by atoms with Crippen LogP contribution in [-0.4, -0.2) is 31.0 Å². The molecule has 0 aromatic heterocycles. The maximum Gasteiger partial charge on any atom is 0.127 e. The van der Waals surface area contributed by atoms with Gasteiger partial charge in [-0.25, -0.2) is 0 Å². The van der Waals surface area contributed by atoms with Crippen molar-refractivity contribution in [1.82, 2.24) is 5.32 Å². The van der Waals surface area contributed by atoms with Crippen LogP contribution in [0.5, 0.6) is 11.5 Å². The fraction of sp³-hybridized carbons (Fsp3) is 0.647. The summed E-state index contributed by atoms with van der Waals surface area (Å²) in [7, 11) is 1.64. The molecule has 0 aliphatic heterocycles. The molecule has 0 aliphatic rings. The number of aliphatic hydroxyl groups is 1. The zero-order valence-corrected chi connectivity index (χ0v) is 13.7. The first-order valence-corrected chi connectivity index (χ1v) is 7.81. The number of ether oxygens (including phenoxy) is 2. The van der Waals surface area contributed by atoms with Crippen LogP contribution in [0.4, 0.5) is 0 Å². The van der Waals surface area contributed by atoms with E-state index in [9.17, 15) is 5.11 Å². The molecular weight excluding hydrogens is 266 g/mol. The summed E-state index contributed by atoms with van der Waals surface area (Å²) in [4.78, 5) is 0. The molecule has 0 amide bonds. The van der Waals surface area contributed by atoms with Crippen molar-refractivity contribution in [3.63, 3.8) is 0 Å². The van der Waals surface area contributed by atoms with Crippen molar-refractivity contribution in [2.45, 2.75) is 52.2 Å². The van der Waals surface area contributed by atoms with Gasteiger partial charge in [0.1, 0.15) is 18.1 Å². The van der Waals surface area contributed by atoms with Gasteiger partial charge in [0.2, 0.25) is 0 Å². The molecule has 0 radical (unpaired) electrons. The third-order valence-corrected chi connectivity index (χ3v) is 3.83. The van der Waals surface area contributed by atoms with Gasteiger partial charge in [0.05, 0.1) is 12.7 Å². The van der Waals surface area contributed by atoms with E-state index in [2.05, 4.69) is 12.2 Å². The standard InChI is InChI=1S/C17H29NO3/c1-5-10-18-12-14-8-9-15(20-4)11-16(14)21-13-17(19,6-2)7-3/h8-9,11,18-19H,5-7,10,12-13H2,1-4H3. The maximum absolute atomic E-state index is 10.3. The van der Waals surface area contributed by atoms with E-state index in [0.717, 1.165) is 36.6 Å². The molecule has 0 unspecified atom stereocenters. The Balaban J connectivity index is 2.80. The smallest absolute Gasteiger partial charge is 0.127 e. The molecular formula is C17H29NO3. The third-order valence-electron chi connectivity index (χ3n) is 3.83. The van der Waals surface area contributed by atoms with E-state index in [1.54, 1.807) is 7.11 Å². The van der Waals surface area contributed by atoms with Gasteiger partial charge in [-0.3, -0.25) is 0 Å². The molecule has 4 heteroatoms. The second kappa shape index (κ2) is 8.90. The first-order chi connectivity index (χ1) is 10.1. The van der Waals surface area contributed by atoms with Gasteiger partial charge in [-0.05, 0) is 31.9 Å². The van der Waals surface area contributed by atoms with E-state index in [1.165, 1.54) is 0 Å². The highest BCUT2D eigenvalue weighted by atomic mass is 16.5. The Hall–Kier alpha value is -1.26. The molecule has 0 fully saturated rings. The van der Waals surface area contributed by atoms with Crippen molar-refractivity contribution in [3.05, 3.63) is 23.8 Å². The summed E-state index contributed by atoms with van der Waals surface area (Å²) in [5.41, 5.74) is 0.316. The second-order valence-electron chi connectivity index (χ2n) is 5.37. The SMILES string of the molecule is CCCNCc1ccc(OC)cc1OCC(O)(CC)CC. The molecule has 1 aromatic carbocycles. The van der Waals surface area contributed by atoms with Crippen molar-refractivity contribution in [1.29, 1.82) is 0 Å². The molecule has 2 N–H and O–H groups in total. The van der Waals surface area contributed by atoms with Crippen LogP contribution in [0.15, 0.2) is 18.2 Å². The summed E-state index contributed by atoms with van der Waals surface area (Å²) in [6, 6.07) is 5.82. The molecule has 0 aliphatic carbocycles. The molecule has 21 heavy (non-hydrogen) atoms. The first kappa shape index (κ1) is 17.8. The first-order valence-electron chi connectivity index (χ1n) is 7.81. The summed E-state index contributed by atoms with van der Waals surface area (Å²) in [5.74, 6) is 1.54.